The third kappa shape index (κ3) is 2.54. The molecule has 0 saturated heterocycles. The lowest BCUT2D eigenvalue weighted by Crippen LogP contribution is -2.07. The summed E-state index contributed by atoms with van der Waals surface area (Å²) in [6.07, 6.45) is 2.49. The molecule has 1 aromatic carbocycles. The van der Waals surface area contributed by atoms with E-state index in [1.807, 2.05) is 0 Å². The molecule has 0 bridgehead atoms. The number of nitrogens with zero attached hydrogens (tertiary/aromatic N) is 3. The van der Waals surface area contributed by atoms with Crippen molar-refractivity contribution in [3.63, 3.8) is 0 Å². The number of hydrogen-bond donors (Lipinski definition) is 1. The highest BCUT2D eigenvalue weighted by atomic mass is 16.4. The molecular formula is C11H9N3O3. The van der Waals surface area contributed by atoms with Crippen molar-refractivity contribution in [2.75, 3.05) is 0 Å². The number of ketones is 1. The largest absolute Gasteiger partial charge is 0.481 e. The van der Waals surface area contributed by atoms with E-state index in [0.717, 1.165) is 0 Å². The van der Waals surface area contributed by atoms with Crippen molar-refractivity contribution in [1.29, 1.82) is 0 Å². The van der Waals surface area contributed by atoms with E-state index in [0.29, 0.717) is 11.3 Å². The molecule has 6 nitrogen and oxygen atoms in total. The van der Waals surface area contributed by atoms with Crippen LogP contribution in [-0.4, -0.2) is 31.6 Å². The number of aliphatic carboxylic acids is 1. The first-order valence-electron chi connectivity index (χ1n) is 4.87. The Bertz CT molecular complexity index is 549. The number of Topliss-reactive ketones (excluding diaryl/α,β-unsaturated/α-hetero) is 1. The minimum Gasteiger partial charge on any atom is -0.481 e. The van der Waals surface area contributed by atoms with E-state index >= 15 is 0 Å². The van der Waals surface area contributed by atoms with Crippen LogP contribution in [0.15, 0.2) is 36.9 Å². The van der Waals surface area contributed by atoms with Crippen LogP contribution in [-0.2, 0) is 4.79 Å². The molecule has 0 atom stereocenters. The third-order valence-electron chi connectivity index (χ3n) is 2.20. The highest BCUT2D eigenvalue weighted by Gasteiger charge is 2.11. The molecule has 86 valence electrons. The smallest absolute Gasteiger partial charge is 0.311 e. The summed E-state index contributed by atoms with van der Waals surface area (Å²) in [5.41, 5.74) is 1.07. The van der Waals surface area contributed by atoms with Gasteiger partial charge in [0.25, 0.3) is 0 Å². The lowest BCUT2D eigenvalue weighted by molar-refractivity contribution is -0.135. The minimum atomic E-state index is -1.13. The standard InChI is InChI=1S/C11H9N3O3/c15-10(5-11(16)17)8-2-1-3-9(4-8)14-6-12-13-7-14/h1-4,6-7H,5H2,(H,16,17). The molecule has 0 saturated carbocycles. The van der Waals surface area contributed by atoms with Crippen molar-refractivity contribution in [2.24, 2.45) is 0 Å². The second-order valence-electron chi connectivity index (χ2n) is 3.41. The molecule has 0 unspecified atom stereocenters. The number of aromatic nitrogens is 3. The molecule has 0 spiro atoms. The lowest BCUT2D eigenvalue weighted by atomic mass is 10.1. The van der Waals surface area contributed by atoms with E-state index in [1.54, 1.807) is 28.8 Å². The second-order valence-corrected chi connectivity index (χ2v) is 3.41. The Balaban J connectivity index is 2.29. The van der Waals surface area contributed by atoms with Gasteiger partial charge in [-0.1, -0.05) is 12.1 Å². The van der Waals surface area contributed by atoms with Crippen LogP contribution >= 0.6 is 0 Å². The molecule has 0 fully saturated rings. The Kier molecular flexibility index (Phi) is 2.95. The molecule has 17 heavy (non-hydrogen) atoms. The zero-order valence-electron chi connectivity index (χ0n) is 8.78. The van der Waals surface area contributed by atoms with Gasteiger partial charge in [-0.15, -0.1) is 10.2 Å². The van der Waals surface area contributed by atoms with Crippen molar-refractivity contribution in [2.45, 2.75) is 6.42 Å². The number of carbonyl (C=O) groups is 2. The Labute approximate surface area is 96.5 Å². The van der Waals surface area contributed by atoms with E-state index in [-0.39, 0.29) is 0 Å². The van der Waals surface area contributed by atoms with Crippen molar-refractivity contribution in [3.8, 4) is 5.69 Å². The van der Waals surface area contributed by atoms with Gasteiger partial charge in [-0.05, 0) is 12.1 Å². The van der Waals surface area contributed by atoms with Gasteiger partial charge in [-0.25, -0.2) is 0 Å². The summed E-state index contributed by atoms with van der Waals surface area (Å²) in [7, 11) is 0. The van der Waals surface area contributed by atoms with Gasteiger partial charge in [0.05, 0.1) is 0 Å². The number of rotatable bonds is 4. The van der Waals surface area contributed by atoms with Gasteiger partial charge in [0, 0.05) is 11.3 Å². The summed E-state index contributed by atoms with van der Waals surface area (Å²) in [5, 5.41) is 15.9. The van der Waals surface area contributed by atoms with Crippen LogP contribution < -0.4 is 0 Å². The lowest BCUT2D eigenvalue weighted by Gasteiger charge is -2.03. The third-order valence-corrected chi connectivity index (χ3v) is 2.20. The van der Waals surface area contributed by atoms with Gasteiger partial charge in [0.15, 0.2) is 5.78 Å². The fourth-order valence-corrected chi connectivity index (χ4v) is 1.41. The molecular weight excluding hydrogens is 222 g/mol. The summed E-state index contributed by atoms with van der Waals surface area (Å²) in [6.45, 7) is 0. The normalized spacial score (nSPS) is 10.1. The van der Waals surface area contributed by atoms with Crippen molar-refractivity contribution in [3.05, 3.63) is 42.5 Å². The molecule has 6 heteroatoms. The van der Waals surface area contributed by atoms with Crippen molar-refractivity contribution in [1.82, 2.24) is 14.8 Å². The molecule has 0 aliphatic rings. The maximum Gasteiger partial charge on any atom is 0.311 e. The SMILES string of the molecule is O=C(O)CC(=O)c1cccc(-n2cnnc2)c1. The van der Waals surface area contributed by atoms with Crippen LogP contribution in [0.2, 0.25) is 0 Å². The molecule has 1 heterocycles. The minimum absolute atomic E-state index is 0.360. The van der Waals surface area contributed by atoms with Gasteiger partial charge < -0.3 is 5.11 Å². The average molecular weight is 231 g/mol. The molecule has 1 N–H and O–H groups in total. The molecule has 0 aliphatic heterocycles. The summed E-state index contributed by atoms with van der Waals surface area (Å²) in [4.78, 5) is 22.0. The quantitative estimate of drug-likeness (QED) is 0.624. The molecule has 1 aromatic heterocycles. The van der Waals surface area contributed by atoms with Gasteiger partial charge in [-0.3, -0.25) is 14.2 Å². The van der Waals surface area contributed by atoms with Crippen LogP contribution in [0.5, 0.6) is 0 Å². The zero-order valence-corrected chi connectivity index (χ0v) is 8.78. The molecule has 2 rings (SSSR count). The van der Waals surface area contributed by atoms with Gasteiger partial charge >= 0.3 is 5.97 Å². The predicted octanol–water partition coefficient (Wildman–Crippen LogP) is 0.925. The first kappa shape index (κ1) is 11.0. The number of carboxylic acid groups (broad SMARTS) is 1. The zero-order chi connectivity index (χ0) is 12.3. The average Bonchev–Trinajstić information content (AvgIpc) is 2.82. The molecule has 0 amide bonds. The Morgan fingerprint density at radius 1 is 1.24 bits per heavy atom. The van der Waals surface area contributed by atoms with Crippen LogP contribution in [0.3, 0.4) is 0 Å². The molecule has 0 radical (unpaired) electrons. The van der Waals surface area contributed by atoms with Gasteiger partial charge in [0.2, 0.25) is 0 Å². The van der Waals surface area contributed by atoms with Crippen LogP contribution in [0.4, 0.5) is 0 Å². The Hall–Kier alpha value is -2.50. The highest BCUT2D eigenvalue weighted by Crippen LogP contribution is 2.11. The summed E-state index contributed by atoms with van der Waals surface area (Å²) in [6, 6.07) is 6.65. The summed E-state index contributed by atoms with van der Waals surface area (Å²) in [5.74, 6) is -1.56. The number of hydrogen-bond acceptors (Lipinski definition) is 4. The first-order valence-corrected chi connectivity index (χ1v) is 4.87. The monoisotopic (exact) mass is 231 g/mol. The summed E-state index contributed by atoms with van der Waals surface area (Å²) < 4.78 is 1.64. The van der Waals surface area contributed by atoms with Gasteiger partial charge in [0.1, 0.15) is 19.1 Å². The van der Waals surface area contributed by atoms with Gasteiger partial charge in [-0.2, -0.15) is 0 Å². The van der Waals surface area contributed by atoms with E-state index < -0.39 is 18.2 Å². The Morgan fingerprint density at radius 2 is 1.94 bits per heavy atom. The second kappa shape index (κ2) is 4.56. The number of benzene rings is 1. The number of carbonyl (C=O) groups excluding carboxylic acids is 1. The van der Waals surface area contributed by atoms with E-state index in [9.17, 15) is 9.59 Å². The van der Waals surface area contributed by atoms with E-state index in [1.165, 1.54) is 12.7 Å². The van der Waals surface area contributed by atoms with Crippen LogP contribution in [0.1, 0.15) is 16.8 Å². The fourth-order valence-electron chi connectivity index (χ4n) is 1.41. The summed E-state index contributed by atoms with van der Waals surface area (Å²) >= 11 is 0. The Morgan fingerprint density at radius 3 is 2.59 bits per heavy atom. The fraction of sp³-hybridized carbons (Fsp3) is 0.0909. The molecule has 0 aliphatic carbocycles. The first-order chi connectivity index (χ1) is 8.16. The number of carboxylic acids is 1. The maximum absolute atomic E-state index is 11.6. The predicted molar refractivity (Wildman–Crippen MR) is 57.9 cm³/mol. The maximum atomic E-state index is 11.6. The molecule has 2 aromatic rings. The topological polar surface area (TPSA) is 85.1 Å². The van der Waals surface area contributed by atoms with E-state index in [4.69, 9.17) is 5.11 Å². The van der Waals surface area contributed by atoms with Crippen LogP contribution in [0, 0.1) is 0 Å². The highest BCUT2D eigenvalue weighted by molar-refractivity contribution is 6.05. The van der Waals surface area contributed by atoms with E-state index in [2.05, 4.69) is 10.2 Å². The van der Waals surface area contributed by atoms with Crippen molar-refractivity contribution < 1.29 is 14.7 Å². The van der Waals surface area contributed by atoms with Crippen LogP contribution in [0.25, 0.3) is 5.69 Å². The van der Waals surface area contributed by atoms with Crippen molar-refractivity contribution >= 4 is 11.8 Å².